The van der Waals surface area contributed by atoms with Crippen molar-refractivity contribution in [3.05, 3.63) is 65.0 Å². The number of benzene rings is 2. The van der Waals surface area contributed by atoms with Crippen LogP contribution < -0.4 is 19.5 Å². The first-order chi connectivity index (χ1) is 14.4. The molecule has 3 aromatic rings. The maximum absolute atomic E-state index is 12.6. The van der Waals surface area contributed by atoms with Crippen LogP contribution in [-0.2, 0) is 6.61 Å². The maximum atomic E-state index is 12.6. The van der Waals surface area contributed by atoms with Gasteiger partial charge in [-0.25, -0.2) is 0 Å². The number of nitrogens with one attached hydrogen (secondary N) is 1. The van der Waals surface area contributed by atoms with Crippen molar-refractivity contribution in [2.45, 2.75) is 40.4 Å². The minimum atomic E-state index is -0.247. The van der Waals surface area contributed by atoms with Crippen LogP contribution in [-0.4, -0.2) is 24.3 Å². The molecule has 0 radical (unpaired) electrons. The molecule has 0 atom stereocenters. The van der Waals surface area contributed by atoms with E-state index in [4.69, 9.17) is 18.7 Å². The fourth-order valence-electron chi connectivity index (χ4n) is 2.88. The zero-order valence-corrected chi connectivity index (χ0v) is 17.8. The summed E-state index contributed by atoms with van der Waals surface area (Å²) in [5.74, 6) is 2.22. The van der Waals surface area contributed by atoms with Crippen LogP contribution in [0.5, 0.6) is 17.2 Å². The van der Waals surface area contributed by atoms with Crippen molar-refractivity contribution >= 4 is 11.6 Å². The second-order valence-electron chi connectivity index (χ2n) is 7.10. The predicted octanol–water partition coefficient (Wildman–Crippen LogP) is 4.92. The molecule has 2 aromatic carbocycles. The van der Waals surface area contributed by atoms with E-state index >= 15 is 0 Å². The second-order valence-corrected chi connectivity index (χ2v) is 7.10. The largest absolute Gasteiger partial charge is 0.493 e. The van der Waals surface area contributed by atoms with E-state index in [-0.39, 0.29) is 12.0 Å². The third kappa shape index (κ3) is 5.11. The molecule has 0 aliphatic heterocycles. The lowest BCUT2D eigenvalue weighted by atomic mass is 10.1. The lowest BCUT2D eigenvalue weighted by Gasteiger charge is -2.13. The maximum Gasteiger partial charge on any atom is 0.255 e. The molecule has 1 heterocycles. The normalized spacial score (nSPS) is 10.7. The van der Waals surface area contributed by atoms with Gasteiger partial charge in [0.25, 0.3) is 5.91 Å². The molecule has 3 rings (SSSR count). The van der Waals surface area contributed by atoms with Crippen LogP contribution >= 0.6 is 0 Å². The molecule has 0 saturated heterocycles. The van der Waals surface area contributed by atoms with Crippen molar-refractivity contribution < 1.29 is 23.5 Å². The summed E-state index contributed by atoms with van der Waals surface area (Å²) in [6.07, 6.45) is 0.0937. The van der Waals surface area contributed by atoms with Crippen molar-refractivity contribution in [1.82, 2.24) is 5.16 Å². The van der Waals surface area contributed by atoms with E-state index in [1.807, 2.05) is 39.8 Å². The number of rotatable bonds is 8. The van der Waals surface area contributed by atoms with E-state index < -0.39 is 0 Å². The Morgan fingerprint density at radius 1 is 1.10 bits per heavy atom. The molecule has 158 valence electrons. The minimum Gasteiger partial charge on any atom is -0.493 e. The van der Waals surface area contributed by atoms with Gasteiger partial charge in [0.05, 0.1) is 24.5 Å². The summed E-state index contributed by atoms with van der Waals surface area (Å²) in [6, 6.07) is 12.3. The van der Waals surface area contributed by atoms with Gasteiger partial charge in [0.1, 0.15) is 18.1 Å². The van der Waals surface area contributed by atoms with Gasteiger partial charge in [0.15, 0.2) is 11.5 Å². The lowest BCUT2D eigenvalue weighted by molar-refractivity contribution is 0.102. The van der Waals surface area contributed by atoms with E-state index in [1.54, 1.807) is 30.3 Å². The molecule has 7 heteroatoms. The summed E-state index contributed by atoms with van der Waals surface area (Å²) in [5, 5.41) is 6.79. The molecule has 0 unspecified atom stereocenters. The average molecular weight is 410 g/mol. The Morgan fingerprint density at radius 2 is 1.83 bits per heavy atom. The number of methoxy groups -OCH3 is 1. The molecule has 0 fully saturated rings. The number of hydrogen-bond donors (Lipinski definition) is 1. The van der Waals surface area contributed by atoms with Crippen molar-refractivity contribution in [2.75, 3.05) is 12.4 Å². The molecule has 7 nitrogen and oxygen atoms in total. The number of anilines is 1. The molecule has 0 aliphatic rings. The summed E-state index contributed by atoms with van der Waals surface area (Å²) < 4.78 is 22.0. The second kappa shape index (κ2) is 9.35. The van der Waals surface area contributed by atoms with Gasteiger partial charge in [-0.15, -0.1) is 0 Å². The Labute approximate surface area is 175 Å². The Hall–Kier alpha value is -3.48. The van der Waals surface area contributed by atoms with Crippen molar-refractivity contribution in [1.29, 1.82) is 0 Å². The van der Waals surface area contributed by atoms with Gasteiger partial charge in [-0.1, -0.05) is 5.16 Å². The van der Waals surface area contributed by atoms with Crippen LogP contribution in [0.1, 0.15) is 41.2 Å². The Morgan fingerprint density at radius 3 is 2.43 bits per heavy atom. The predicted molar refractivity (Wildman–Crippen MR) is 113 cm³/mol. The highest BCUT2D eigenvalue weighted by atomic mass is 16.5. The number of aryl methyl sites for hydroxylation is 2. The third-order valence-electron chi connectivity index (χ3n) is 4.46. The van der Waals surface area contributed by atoms with Crippen molar-refractivity contribution in [3.63, 3.8) is 0 Å². The fraction of sp³-hybridized carbons (Fsp3) is 0.304. The number of nitrogens with zero attached hydrogens (tertiary/aromatic N) is 1. The molecule has 0 aliphatic carbocycles. The number of carbonyl (C=O) groups is 1. The topological polar surface area (TPSA) is 82.8 Å². The standard InChI is InChI=1S/C23H26N2O5/c1-14(2)29-19-9-7-18(8-10-19)24-23(26)17-6-11-21(22(12-17)27-5)28-13-20-15(3)25-30-16(20)4/h6-12,14H,13H2,1-5H3,(H,24,26). The summed E-state index contributed by atoms with van der Waals surface area (Å²) in [4.78, 5) is 12.6. The number of carbonyl (C=O) groups excluding carboxylic acids is 1. The lowest BCUT2D eigenvalue weighted by Crippen LogP contribution is -2.12. The quantitative estimate of drug-likeness (QED) is 0.568. The molecule has 0 spiro atoms. The molecule has 0 saturated carbocycles. The SMILES string of the molecule is COc1cc(C(=O)Nc2ccc(OC(C)C)cc2)ccc1OCc1c(C)noc1C. The fourth-order valence-corrected chi connectivity index (χ4v) is 2.88. The van der Waals surface area contributed by atoms with E-state index in [9.17, 15) is 4.79 Å². The van der Waals surface area contributed by atoms with Gasteiger partial charge in [0, 0.05) is 11.3 Å². The number of aromatic nitrogens is 1. The van der Waals surface area contributed by atoms with Crippen LogP contribution in [0.25, 0.3) is 0 Å². The van der Waals surface area contributed by atoms with Gasteiger partial charge in [-0.2, -0.15) is 0 Å². The average Bonchev–Trinajstić information content (AvgIpc) is 3.04. The van der Waals surface area contributed by atoms with E-state index in [0.717, 1.165) is 17.0 Å². The Bertz CT molecular complexity index is 989. The monoisotopic (exact) mass is 410 g/mol. The summed E-state index contributed by atoms with van der Waals surface area (Å²) in [7, 11) is 1.53. The zero-order valence-electron chi connectivity index (χ0n) is 17.8. The van der Waals surface area contributed by atoms with Crippen LogP contribution in [0.15, 0.2) is 47.0 Å². The van der Waals surface area contributed by atoms with Crippen LogP contribution in [0.4, 0.5) is 5.69 Å². The Balaban J connectivity index is 1.68. The van der Waals surface area contributed by atoms with Crippen molar-refractivity contribution in [3.8, 4) is 17.2 Å². The first-order valence-corrected chi connectivity index (χ1v) is 9.68. The van der Waals surface area contributed by atoms with Gasteiger partial charge in [-0.05, 0) is 70.2 Å². The third-order valence-corrected chi connectivity index (χ3v) is 4.46. The molecular formula is C23H26N2O5. The highest BCUT2D eigenvalue weighted by Gasteiger charge is 2.14. The first kappa shape index (κ1) is 21.2. The molecule has 0 bridgehead atoms. The number of amides is 1. The smallest absolute Gasteiger partial charge is 0.255 e. The van der Waals surface area contributed by atoms with Crippen LogP contribution in [0.3, 0.4) is 0 Å². The summed E-state index contributed by atoms with van der Waals surface area (Å²) in [6.45, 7) is 7.93. The van der Waals surface area contributed by atoms with Crippen LogP contribution in [0.2, 0.25) is 0 Å². The Kier molecular flexibility index (Phi) is 6.61. The van der Waals surface area contributed by atoms with E-state index in [1.165, 1.54) is 7.11 Å². The van der Waals surface area contributed by atoms with Gasteiger partial charge >= 0.3 is 0 Å². The van der Waals surface area contributed by atoms with Gasteiger partial charge in [-0.3, -0.25) is 4.79 Å². The summed E-state index contributed by atoms with van der Waals surface area (Å²) >= 11 is 0. The molecule has 30 heavy (non-hydrogen) atoms. The molecule has 1 N–H and O–H groups in total. The molecule has 1 amide bonds. The molecular weight excluding hydrogens is 384 g/mol. The van der Waals surface area contributed by atoms with Gasteiger partial charge < -0.3 is 24.1 Å². The minimum absolute atomic E-state index is 0.0937. The number of hydrogen-bond acceptors (Lipinski definition) is 6. The number of ether oxygens (including phenoxy) is 3. The van der Waals surface area contributed by atoms with Crippen molar-refractivity contribution in [2.24, 2.45) is 0 Å². The highest BCUT2D eigenvalue weighted by molar-refractivity contribution is 6.04. The zero-order chi connectivity index (χ0) is 21.7. The van der Waals surface area contributed by atoms with Crippen LogP contribution in [0, 0.1) is 13.8 Å². The highest BCUT2D eigenvalue weighted by Crippen LogP contribution is 2.30. The molecule has 1 aromatic heterocycles. The van der Waals surface area contributed by atoms with Gasteiger partial charge in [0.2, 0.25) is 0 Å². The first-order valence-electron chi connectivity index (χ1n) is 9.68. The summed E-state index contributed by atoms with van der Waals surface area (Å²) in [5.41, 5.74) is 2.81. The van der Waals surface area contributed by atoms with E-state index in [0.29, 0.717) is 35.1 Å². The van der Waals surface area contributed by atoms with E-state index in [2.05, 4.69) is 10.5 Å².